The van der Waals surface area contributed by atoms with E-state index in [4.69, 9.17) is 4.74 Å². The van der Waals surface area contributed by atoms with Crippen molar-refractivity contribution in [3.05, 3.63) is 64.5 Å². The largest absolute Gasteiger partial charge is 0.494 e. The summed E-state index contributed by atoms with van der Waals surface area (Å²) in [6.07, 6.45) is 9.63. The summed E-state index contributed by atoms with van der Waals surface area (Å²) in [6, 6.07) is 11.1. The van der Waals surface area contributed by atoms with Crippen LogP contribution in [0, 0.1) is 0 Å². The lowest BCUT2D eigenvalue weighted by Gasteiger charge is -2.21. The molecule has 0 amide bonds. The Morgan fingerprint density at radius 2 is 1.58 bits per heavy atom. The van der Waals surface area contributed by atoms with Crippen molar-refractivity contribution in [2.75, 3.05) is 26.2 Å². The Labute approximate surface area is 217 Å². The van der Waals surface area contributed by atoms with E-state index in [1.54, 1.807) is 6.20 Å². The van der Waals surface area contributed by atoms with Gasteiger partial charge in [-0.2, -0.15) is 0 Å². The van der Waals surface area contributed by atoms with Crippen molar-refractivity contribution in [2.45, 2.75) is 46.0 Å². The molecule has 2 heterocycles. The first-order valence-corrected chi connectivity index (χ1v) is 12.0. The van der Waals surface area contributed by atoms with Crippen LogP contribution < -0.4 is 4.74 Å². The quantitative estimate of drug-likeness (QED) is 0.170. The second-order valence-corrected chi connectivity index (χ2v) is 8.76. The molecule has 0 saturated heterocycles. The third-order valence-electron chi connectivity index (χ3n) is 5.31. The van der Waals surface area contributed by atoms with Crippen LogP contribution in [0.4, 0.5) is 0 Å². The van der Waals surface area contributed by atoms with E-state index in [1.165, 1.54) is 38.8 Å². The highest BCUT2D eigenvalue weighted by atomic mass is 79.9. The summed E-state index contributed by atoms with van der Waals surface area (Å²) in [5, 5.41) is 0. The molecule has 0 N–H and O–H groups in total. The third kappa shape index (κ3) is 8.93. The highest BCUT2D eigenvalue weighted by Crippen LogP contribution is 2.17. The highest BCUT2D eigenvalue weighted by molar-refractivity contribution is 9.10. The summed E-state index contributed by atoms with van der Waals surface area (Å²) in [5.74, 6) is 0.706. The van der Waals surface area contributed by atoms with Crippen molar-refractivity contribution in [1.29, 1.82) is 0 Å². The smallest absolute Gasteiger partial charge is 0.212 e. The fourth-order valence-electron chi connectivity index (χ4n) is 3.50. The van der Waals surface area contributed by atoms with Crippen LogP contribution in [0.1, 0.15) is 62.0 Å². The fourth-order valence-corrected chi connectivity index (χ4v) is 3.85. The number of halogens is 3. The minimum atomic E-state index is -0.0890. The number of aromatic nitrogens is 2. The van der Waals surface area contributed by atoms with Gasteiger partial charge in [-0.15, -0.1) is 24.8 Å². The second-order valence-electron chi connectivity index (χ2n) is 7.84. The van der Waals surface area contributed by atoms with Crippen molar-refractivity contribution in [2.24, 2.45) is 0 Å². The van der Waals surface area contributed by atoms with Crippen LogP contribution in [0.2, 0.25) is 0 Å². The molecule has 3 rings (SSSR count). The van der Waals surface area contributed by atoms with E-state index in [0.29, 0.717) is 17.9 Å². The Balaban J connectivity index is 0.00000272. The van der Waals surface area contributed by atoms with Crippen molar-refractivity contribution in [3.8, 4) is 5.75 Å². The van der Waals surface area contributed by atoms with E-state index in [-0.39, 0.29) is 30.6 Å². The molecule has 33 heavy (non-hydrogen) atoms. The molecule has 0 spiro atoms. The summed E-state index contributed by atoms with van der Waals surface area (Å²) in [6.45, 7) is 8.58. The van der Waals surface area contributed by atoms with E-state index < -0.39 is 0 Å². The summed E-state index contributed by atoms with van der Waals surface area (Å²) < 4.78 is 8.69. The van der Waals surface area contributed by atoms with Gasteiger partial charge in [-0.05, 0) is 84.7 Å². The van der Waals surface area contributed by atoms with E-state index >= 15 is 0 Å². The minimum absolute atomic E-state index is 0. The van der Waals surface area contributed by atoms with E-state index in [1.807, 2.05) is 47.0 Å². The lowest BCUT2D eigenvalue weighted by atomic mass is 10.1. The molecule has 0 aliphatic carbocycles. The number of rotatable bonds is 13. The molecule has 0 bridgehead atoms. The predicted molar refractivity (Wildman–Crippen MR) is 144 cm³/mol. The molecule has 0 radical (unpaired) electrons. The maximum absolute atomic E-state index is 12.8. The second kappa shape index (κ2) is 15.3. The summed E-state index contributed by atoms with van der Waals surface area (Å²) in [7, 11) is 0. The highest BCUT2D eigenvalue weighted by Gasteiger charge is 2.13. The van der Waals surface area contributed by atoms with E-state index in [2.05, 4.69) is 39.7 Å². The van der Waals surface area contributed by atoms with Gasteiger partial charge < -0.3 is 14.0 Å². The fraction of sp³-hybridized carbons (Fsp3) is 0.440. The Morgan fingerprint density at radius 3 is 2.21 bits per heavy atom. The first-order valence-electron chi connectivity index (χ1n) is 11.2. The Kier molecular flexibility index (Phi) is 13.7. The number of imidazole rings is 1. The first-order chi connectivity index (χ1) is 15.1. The van der Waals surface area contributed by atoms with Gasteiger partial charge in [0.2, 0.25) is 5.78 Å². The SMILES string of the molecule is CCCCN(CCCC)CCCOc1ccc(C(=O)c2cn3cc(Br)ccc3n2)cc1.Cl.Cl. The summed E-state index contributed by atoms with van der Waals surface area (Å²) in [5.41, 5.74) is 1.80. The third-order valence-corrected chi connectivity index (χ3v) is 5.78. The van der Waals surface area contributed by atoms with Crippen LogP contribution in [-0.2, 0) is 0 Å². The number of carbonyl (C=O) groups is 1. The van der Waals surface area contributed by atoms with Gasteiger partial charge in [0, 0.05) is 29.0 Å². The molecule has 2 aromatic heterocycles. The Hall–Kier alpha value is -1.60. The molecular weight excluding hydrogens is 525 g/mol. The van der Waals surface area contributed by atoms with Gasteiger partial charge in [0.25, 0.3) is 0 Å². The molecule has 0 aliphatic rings. The molecule has 0 saturated carbocycles. The van der Waals surface area contributed by atoms with Crippen LogP contribution in [0.3, 0.4) is 0 Å². The number of benzene rings is 1. The van der Waals surface area contributed by atoms with Gasteiger partial charge in [-0.3, -0.25) is 4.79 Å². The van der Waals surface area contributed by atoms with Crippen LogP contribution in [0.15, 0.2) is 53.3 Å². The van der Waals surface area contributed by atoms with Gasteiger partial charge in [0.1, 0.15) is 17.1 Å². The standard InChI is InChI=1S/C25H32BrN3O2.2ClH/c1-3-5-14-28(15-6-4-2)16-7-17-31-22-11-8-20(9-12-22)25(30)23-19-29-18-21(26)10-13-24(29)27-23;;/h8-13,18-19H,3-7,14-17H2,1-2H3;2*1H. The number of unbranched alkanes of at least 4 members (excludes halogenated alkanes) is 2. The summed E-state index contributed by atoms with van der Waals surface area (Å²) in [4.78, 5) is 19.8. The topological polar surface area (TPSA) is 46.8 Å². The maximum Gasteiger partial charge on any atom is 0.212 e. The number of fused-ring (bicyclic) bond motifs is 1. The van der Waals surface area contributed by atoms with Crippen LogP contribution in [0.25, 0.3) is 5.65 Å². The van der Waals surface area contributed by atoms with Gasteiger partial charge in [-0.25, -0.2) is 4.98 Å². The predicted octanol–water partition coefficient (Wildman–Crippen LogP) is 6.84. The van der Waals surface area contributed by atoms with Crippen LogP contribution >= 0.6 is 40.7 Å². The molecule has 8 heteroatoms. The number of hydrogen-bond acceptors (Lipinski definition) is 4. The lowest BCUT2D eigenvalue weighted by molar-refractivity contribution is 0.103. The van der Waals surface area contributed by atoms with Crippen molar-refractivity contribution in [1.82, 2.24) is 14.3 Å². The zero-order valence-corrected chi connectivity index (χ0v) is 22.6. The molecule has 1 aromatic carbocycles. The number of carbonyl (C=O) groups excluding carboxylic acids is 1. The van der Waals surface area contributed by atoms with Crippen molar-refractivity contribution >= 4 is 52.2 Å². The molecule has 0 aliphatic heterocycles. The first kappa shape index (κ1) is 29.4. The molecular formula is C25H34BrCl2N3O2. The van der Waals surface area contributed by atoms with Gasteiger partial charge >= 0.3 is 0 Å². The number of pyridine rings is 1. The monoisotopic (exact) mass is 557 g/mol. The number of ether oxygens (including phenoxy) is 1. The number of ketones is 1. The van der Waals surface area contributed by atoms with Gasteiger partial charge in [0.15, 0.2) is 0 Å². The molecule has 0 atom stereocenters. The van der Waals surface area contributed by atoms with Crippen molar-refractivity contribution in [3.63, 3.8) is 0 Å². The lowest BCUT2D eigenvalue weighted by Crippen LogP contribution is -2.28. The molecule has 0 fully saturated rings. The van der Waals surface area contributed by atoms with Crippen LogP contribution in [0.5, 0.6) is 5.75 Å². The van der Waals surface area contributed by atoms with Gasteiger partial charge in [-0.1, -0.05) is 26.7 Å². The molecule has 0 unspecified atom stereocenters. The molecule has 5 nitrogen and oxygen atoms in total. The number of nitrogens with zero attached hydrogens (tertiary/aromatic N) is 3. The normalized spacial score (nSPS) is 10.7. The van der Waals surface area contributed by atoms with Crippen molar-refractivity contribution < 1.29 is 9.53 Å². The molecule has 182 valence electrons. The Morgan fingerprint density at radius 1 is 0.939 bits per heavy atom. The van der Waals surface area contributed by atoms with Gasteiger partial charge in [0.05, 0.1) is 6.61 Å². The average Bonchev–Trinajstić information content (AvgIpc) is 3.21. The summed E-state index contributed by atoms with van der Waals surface area (Å²) >= 11 is 3.44. The zero-order chi connectivity index (χ0) is 22.1. The maximum atomic E-state index is 12.8. The minimum Gasteiger partial charge on any atom is -0.494 e. The average molecular weight is 559 g/mol. The van der Waals surface area contributed by atoms with E-state index in [0.717, 1.165) is 28.8 Å². The number of hydrogen-bond donors (Lipinski definition) is 0. The molecule has 3 aromatic rings. The van der Waals surface area contributed by atoms with Crippen LogP contribution in [-0.4, -0.2) is 46.3 Å². The zero-order valence-electron chi connectivity index (χ0n) is 19.3. The Bertz CT molecular complexity index is 971. The van der Waals surface area contributed by atoms with E-state index in [9.17, 15) is 4.79 Å².